The summed E-state index contributed by atoms with van der Waals surface area (Å²) in [5.41, 5.74) is 2.86. The molecule has 2 aromatic carbocycles. The molecule has 0 spiro atoms. The highest BCUT2D eigenvalue weighted by Crippen LogP contribution is 2.40. The fourth-order valence-corrected chi connectivity index (χ4v) is 2.77. The molecule has 2 aromatic rings. The fourth-order valence-electron chi connectivity index (χ4n) is 2.77. The van der Waals surface area contributed by atoms with Crippen molar-refractivity contribution in [1.82, 2.24) is 5.32 Å². The average molecular weight is 338 g/mol. The Bertz CT molecular complexity index is 771. The van der Waals surface area contributed by atoms with Gasteiger partial charge >= 0.3 is 0 Å². The van der Waals surface area contributed by atoms with Gasteiger partial charge < -0.3 is 15.4 Å². The van der Waals surface area contributed by atoms with Crippen molar-refractivity contribution in [1.29, 1.82) is 0 Å². The molecule has 0 bridgehead atoms. The lowest BCUT2D eigenvalue weighted by Crippen LogP contribution is -2.27. The Hall–Kier alpha value is -2.82. The zero-order valence-corrected chi connectivity index (χ0v) is 14.4. The lowest BCUT2D eigenvalue weighted by atomic mass is 10.1. The van der Waals surface area contributed by atoms with Crippen LogP contribution in [0, 0.1) is 18.8 Å². The molecule has 2 unspecified atom stereocenters. The molecule has 0 saturated heterocycles. The van der Waals surface area contributed by atoms with Crippen molar-refractivity contribution in [3.63, 3.8) is 0 Å². The molecule has 1 aliphatic rings. The highest BCUT2D eigenvalue weighted by molar-refractivity contribution is 6.00. The largest absolute Gasteiger partial charge is 0.495 e. The minimum absolute atomic E-state index is 0.0687. The molecule has 1 aliphatic carbocycles. The summed E-state index contributed by atoms with van der Waals surface area (Å²) in [7, 11) is 1.56. The van der Waals surface area contributed by atoms with E-state index in [1.54, 1.807) is 19.2 Å². The highest BCUT2D eigenvalue weighted by atomic mass is 16.5. The number of benzene rings is 2. The van der Waals surface area contributed by atoms with E-state index in [2.05, 4.69) is 10.6 Å². The molecule has 1 fully saturated rings. The van der Waals surface area contributed by atoms with Gasteiger partial charge in [0, 0.05) is 6.54 Å². The van der Waals surface area contributed by atoms with E-state index in [0.717, 1.165) is 5.56 Å². The predicted octanol–water partition coefficient (Wildman–Crippen LogP) is 2.89. The quantitative estimate of drug-likeness (QED) is 0.851. The van der Waals surface area contributed by atoms with Crippen molar-refractivity contribution in [3.8, 4) is 5.75 Å². The number of hydrogen-bond donors (Lipinski definition) is 2. The highest BCUT2D eigenvalue weighted by Gasteiger charge is 2.48. The zero-order chi connectivity index (χ0) is 17.8. The monoisotopic (exact) mass is 338 g/mol. The van der Waals surface area contributed by atoms with E-state index in [1.165, 1.54) is 5.56 Å². The van der Waals surface area contributed by atoms with Gasteiger partial charge in [0.1, 0.15) is 5.75 Å². The average Bonchev–Trinajstić information content (AvgIpc) is 3.42. The number of anilines is 1. The third kappa shape index (κ3) is 4.18. The van der Waals surface area contributed by atoms with Crippen LogP contribution in [0.3, 0.4) is 0 Å². The number of aryl methyl sites for hydroxylation is 1. The predicted molar refractivity (Wildman–Crippen MR) is 96.2 cm³/mol. The van der Waals surface area contributed by atoms with Crippen molar-refractivity contribution < 1.29 is 14.3 Å². The summed E-state index contributed by atoms with van der Waals surface area (Å²) in [6, 6.07) is 15.3. The van der Waals surface area contributed by atoms with Crippen molar-refractivity contribution >= 4 is 17.5 Å². The Morgan fingerprint density at radius 2 is 1.72 bits per heavy atom. The van der Waals surface area contributed by atoms with Crippen LogP contribution in [0.1, 0.15) is 17.5 Å². The van der Waals surface area contributed by atoms with Crippen LogP contribution in [0.5, 0.6) is 5.75 Å². The summed E-state index contributed by atoms with van der Waals surface area (Å²) >= 11 is 0. The number of amides is 2. The van der Waals surface area contributed by atoms with E-state index in [-0.39, 0.29) is 23.7 Å². The van der Waals surface area contributed by atoms with Gasteiger partial charge in [0.25, 0.3) is 0 Å². The minimum Gasteiger partial charge on any atom is -0.495 e. The first-order valence-corrected chi connectivity index (χ1v) is 8.35. The summed E-state index contributed by atoms with van der Waals surface area (Å²) < 4.78 is 5.22. The molecule has 130 valence electrons. The van der Waals surface area contributed by atoms with Gasteiger partial charge in [0.15, 0.2) is 0 Å². The maximum Gasteiger partial charge on any atom is 0.228 e. The van der Waals surface area contributed by atoms with Gasteiger partial charge in [0.2, 0.25) is 11.8 Å². The summed E-state index contributed by atoms with van der Waals surface area (Å²) in [5.74, 6) is -0.124. The Labute approximate surface area is 147 Å². The number of hydrogen-bond acceptors (Lipinski definition) is 3. The van der Waals surface area contributed by atoms with E-state index >= 15 is 0 Å². The van der Waals surface area contributed by atoms with E-state index < -0.39 is 0 Å². The number of methoxy groups -OCH3 is 1. The van der Waals surface area contributed by atoms with Gasteiger partial charge in [0.05, 0.1) is 24.6 Å². The van der Waals surface area contributed by atoms with E-state index in [4.69, 9.17) is 4.74 Å². The molecule has 3 rings (SSSR count). The molecule has 2 N–H and O–H groups in total. The van der Waals surface area contributed by atoms with Crippen LogP contribution in [0.25, 0.3) is 0 Å². The molecule has 0 heterocycles. The van der Waals surface area contributed by atoms with E-state index in [9.17, 15) is 9.59 Å². The summed E-state index contributed by atoms with van der Waals surface area (Å²) in [4.78, 5) is 24.5. The van der Waals surface area contributed by atoms with Crippen LogP contribution in [0.4, 0.5) is 5.69 Å². The van der Waals surface area contributed by atoms with Crippen molar-refractivity contribution in [3.05, 3.63) is 59.7 Å². The van der Waals surface area contributed by atoms with Gasteiger partial charge in [-0.15, -0.1) is 0 Å². The standard InChI is InChI=1S/C20H22N2O3/c1-13-7-9-14(10-8-13)12-21-19(23)15-11-16(15)20(24)22-17-5-3-4-6-18(17)25-2/h3-10,15-16H,11-12H2,1-2H3,(H,21,23)(H,22,24). The summed E-state index contributed by atoms with van der Waals surface area (Å²) in [5, 5.41) is 5.75. The number of carbonyl (C=O) groups is 2. The molecule has 25 heavy (non-hydrogen) atoms. The normalized spacial score (nSPS) is 18.3. The number of ether oxygens (including phenoxy) is 1. The van der Waals surface area contributed by atoms with Crippen LogP contribution in [0.15, 0.2) is 48.5 Å². The van der Waals surface area contributed by atoms with Crippen molar-refractivity contribution in [2.24, 2.45) is 11.8 Å². The first-order valence-electron chi connectivity index (χ1n) is 8.35. The van der Waals surface area contributed by atoms with Gasteiger partial charge in [-0.05, 0) is 31.0 Å². The number of para-hydroxylation sites is 2. The Morgan fingerprint density at radius 1 is 1.04 bits per heavy atom. The van der Waals surface area contributed by atoms with Gasteiger partial charge in [-0.2, -0.15) is 0 Å². The van der Waals surface area contributed by atoms with E-state index in [0.29, 0.717) is 24.4 Å². The topological polar surface area (TPSA) is 67.4 Å². The summed E-state index contributed by atoms with van der Waals surface area (Å²) in [6.45, 7) is 2.51. The molecule has 5 nitrogen and oxygen atoms in total. The Kier molecular flexibility index (Phi) is 5.03. The third-order valence-electron chi connectivity index (χ3n) is 4.42. The molecule has 2 atom stereocenters. The number of rotatable bonds is 6. The molecule has 5 heteroatoms. The van der Waals surface area contributed by atoms with Crippen LogP contribution in [0.2, 0.25) is 0 Å². The van der Waals surface area contributed by atoms with Crippen LogP contribution in [-0.2, 0) is 16.1 Å². The van der Waals surface area contributed by atoms with Crippen LogP contribution in [-0.4, -0.2) is 18.9 Å². The second-order valence-electron chi connectivity index (χ2n) is 6.34. The first kappa shape index (κ1) is 17.0. The molecular weight excluding hydrogens is 316 g/mol. The van der Waals surface area contributed by atoms with Crippen LogP contribution >= 0.6 is 0 Å². The van der Waals surface area contributed by atoms with Crippen molar-refractivity contribution in [2.75, 3.05) is 12.4 Å². The molecule has 0 radical (unpaired) electrons. The molecular formula is C20H22N2O3. The molecule has 0 aliphatic heterocycles. The van der Waals surface area contributed by atoms with Crippen molar-refractivity contribution in [2.45, 2.75) is 19.9 Å². The maximum atomic E-state index is 12.3. The minimum atomic E-state index is -0.275. The zero-order valence-electron chi connectivity index (χ0n) is 14.4. The molecule has 2 amide bonds. The fraction of sp³-hybridized carbons (Fsp3) is 0.300. The lowest BCUT2D eigenvalue weighted by molar-refractivity contribution is -0.125. The second-order valence-corrected chi connectivity index (χ2v) is 6.34. The second kappa shape index (κ2) is 7.38. The van der Waals surface area contributed by atoms with E-state index in [1.807, 2.05) is 43.3 Å². The number of carbonyl (C=O) groups excluding carboxylic acids is 2. The molecule has 1 saturated carbocycles. The number of nitrogens with one attached hydrogen (secondary N) is 2. The lowest BCUT2D eigenvalue weighted by Gasteiger charge is -2.09. The molecule has 0 aromatic heterocycles. The van der Waals surface area contributed by atoms with Gasteiger partial charge in [-0.3, -0.25) is 9.59 Å². The third-order valence-corrected chi connectivity index (χ3v) is 4.42. The Balaban J connectivity index is 1.50. The van der Waals surface area contributed by atoms with Gasteiger partial charge in [-0.25, -0.2) is 0 Å². The SMILES string of the molecule is COc1ccccc1NC(=O)C1CC1C(=O)NCc1ccc(C)cc1. The maximum absolute atomic E-state index is 12.3. The first-order chi connectivity index (χ1) is 12.1. The smallest absolute Gasteiger partial charge is 0.228 e. The van der Waals surface area contributed by atoms with Gasteiger partial charge in [-0.1, -0.05) is 42.0 Å². The Morgan fingerprint density at radius 3 is 2.44 bits per heavy atom. The summed E-state index contributed by atoms with van der Waals surface area (Å²) in [6.07, 6.45) is 0.584. The van der Waals surface area contributed by atoms with Crippen LogP contribution < -0.4 is 15.4 Å².